The molecule has 0 aromatic heterocycles. The SMILES string of the molecule is C=Cc1ccc(C(CC)(CC)P(=O)(O)O)cc1. The molecule has 0 saturated heterocycles. The average molecular weight is 254 g/mol. The molecule has 0 atom stereocenters. The zero-order valence-corrected chi connectivity index (χ0v) is 11.2. The first kappa shape index (κ1) is 14.2. The molecule has 0 aliphatic carbocycles. The van der Waals surface area contributed by atoms with E-state index >= 15 is 0 Å². The zero-order chi connectivity index (χ0) is 13.1. The van der Waals surface area contributed by atoms with Gasteiger partial charge in [0.1, 0.15) is 0 Å². The van der Waals surface area contributed by atoms with E-state index in [1.807, 2.05) is 26.0 Å². The third-order valence-electron chi connectivity index (χ3n) is 3.41. The summed E-state index contributed by atoms with van der Waals surface area (Å²) in [5.74, 6) is 0. The van der Waals surface area contributed by atoms with E-state index in [-0.39, 0.29) is 0 Å². The second-order valence-corrected chi connectivity index (χ2v) is 6.05. The lowest BCUT2D eigenvalue weighted by atomic mass is 9.92. The summed E-state index contributed by atoms with van der Waals surface area (Å²) in [6.07, 6.45) is 2.54. The van der Waals surface area contributed by atoms with Crippen LogP contribution in [-0.2, 0) is 9.72 Å². The standard InChI is InChI=1S/C13H19O3P/c1-4-11-7-9-12(10-8-11)13(5-2,6-3)17(14,15)16/h4,7-10H,1,5-6H2,2-3H3,(H2,14,15,16). The van der Waals surface area contributed by atoms with E-state index < -0.39 is 12.8 Å². The zero-order valence-electron chi connectivity index (χ0n) is 10.3. The molecule has 0 bridgehead atoms. The quantitative estimate of drug-likeness (QED) is 0.790. The first-order chi connectivity index (χ1) is 7.91. The van der Waals surface area contributed by atoms with Crippen LogP contribution >= 0.6 is 7.60 Å². The predicted molar refractivity (Wildman–Crippen MR) is 70.8 cm³/mol. The molecule has 0 spiro atoms. The number of rotatable bonds is 5. The Morgan fingerprint density at radius 2 is 1.71 bits per heavy atom. The van der Waals surface area contributed by atoms with E-state index in [0.29, 0.717) is 18.4 Å². The third-order valence-corrected chi connectivity index (χ3v) is 5.42. The summed E-state index contributed by atoms with van der Waals surface area (Å²) in [7, 11) is -4.18. The van der Waals surface area contributed by atoms with Crippen LogP contribution in [0.4, 0.5) is 0 Å². The molecule has 0 saturated carbocycles. The second kappa shape index (κ2) is 5.18. The topological polar surface area (TPSA) is 57.5 Å². The Hall–Kier alpha value is -0.890. The van der Waals surface area contributed by atoms with Crippen LogP contribution in [0.1, 0.15) is 37.8 Å². The Kier molecular flexibility index (Phi) is 4.31. The molecule has 94 valence electrons. The molecule has 0 aliphatic heterocycles. The van der Waals surface area contributed by atoms with Gasteiger partial charge < -0.3 is 9.79 Å². The Morgan fingerprint density at radius 3 is 2.00 bits per heavy atom. The van der Waals surface area contributed by atoms with Gasteiger partial charge in [0.2, 0.25) is 0 Å². The van der Waals surface area contributed by atoms with Gasteiger partial charge in [-0.2, -0.15) is 0 Å². The van der Waals surface area contributed by atoms with Gasteiger partial charge in [-0.1, -0.05) is 50.8 Å². The van der Waals surface area contributed by atoms with E-state index in [0.717, 1.165) is 5.56 Å². The minimum atomic E-state index is -4.18. The van der Waals surface area contributed by atoms with Crippen LogP contribution in [0.3, 0.4) is 0 Å². The summed E-state index contributed by atoms with van der Waals surface area (Å²) in [5, 5.41) is -1.06. The van der Waals surface area contributed by atoms with E-state index in [1.54, 1.807) is 18.2 Å². The lowest BCUT2D eigenvalue weighted by Crippen LogP contribution is -2.24. The molecular weight excluding hydrogens is 235 g/mol. The first-order valence-electron chi connectivity index (χ1n) is 5.70. The molecule has 1 aromatic rings. The number of benzene rings is 1. The Balaban J connectivity index is 3.32. The average Bonchev–Trinajstić information content (AvgIpc) is 2.30. The molecule has 3 nitrogen and oxygen atoms in total. The minimum absolute atomic E-state index is 0.418. The molecule has 0 radical (unpaired) electrons. The molecule has 17 heavy (non-hydrogen) atoms. The second-order valence-electron chi connectivity index (χ2n) is 4.11. The van der Waals surface area contributed by atoms with E-state index in [4.69, 9.17) is 0 Å². The van der Waals surface area contributed by atoms with E-state index in [1.165, 1.54) is 0 Å². The Labute approximate surface area is 102 Å². The van der Waals surface area contributed by atoms with Gasteiger partial charge in [-0.25, -0.2) is 0 Å². The summed E-state index contributed by atoms with van der Waals surface area (Å²) in [6.45, 7) is 7.28. The van der Waals surface area contributed by atoms with Crippen molar-refractivity contribution < 1.29 is 14.4 Å². The fourth-order valence-corrected chi connectivity index (χ4v) is 3.48. The van der Waals surface area contributed by atoms with Crippen LogP contribution in [0.2, 0.25) is 0 Å². The molecular formula is C13H19O3P. The third kappa shape index (κ3) is 2.52. The van der Waals surface area contributed by atoms with Crippen molar-refractivity contribution in [3.8, 4) is 0 Å². The van der Waals surface area contributed by atoms with Crippen molar-refractivity contribution in [2.24, 2.45) is 0 Å². The van der Waals surface area contributed by atoms with Crippen molar-refractivity contribution in [3.05, 3.63) is 42.0 Å². The van der Waals surface area contributed by atoms with Crippen molar-refractivity contribution in [1.29, 1.82) is 0 Å². The highest BCUT2D eigenvalue weighted by atomic mass is 31.2. The van der Waals surface area contributed by atoms with Gasteiger partial charge in [0.15, 0.2) is 0 Å². The van der Waals surface area contributed by atoms with Crippen molar-refractivity contribution >= 4 is 13.7 Å². The summed E-state index contributed by atoms with van der Waals surface area (Å²) in [6, 6.07) is 7.22. The van der Waals surface area contributed by atoms with Gasteiger partial charge in [-0.15, -0.1) is 0 Å². The largest absolute Gasteiger partial charge is 0.335 e. The highest BCUT2D eigenvalue weighted by molar-refractivity contribution is 7.53. The Bertz CT molecular complexity index is 426. The molecule has 4 heteroatoms. The van der Waals surface area contributed by atoms with Crippen molar-refractivity contribution in [1.82, 2.24) is 0 Å². The van der Waals surface area contributed by atoms with Gasteiger partial charge in [0.05, 0.1) is 5.16 Å². The molecule has 0 fully saturated rings. The van der Waals surface area contributed by atoms with Gasteiger partial charge in [0, 0.05) is 0 Å². The lowest BCUT2D eigenvalue weighted by molar-refractivity contribution is 0.315. The molecule has 0 unspecified atom stereocenters. The normalized spacial score (nSPS) is 12.5. The number of hydrogen-bond donors (Lipinski definition) is 2. The van der Waals surface area contributed by atoms with Crippen LogP contribution in [0.15, 0.2) is 30.8 Å². The summed E-state index contributed by atoms with van der Waals surface area (Å²) in [4.78, 5) is 19.2. The van der Waals surface area contributed by atoms with Gasteiger partial charge in [0.25, 0.3) is 0 Å². The summed E-state index contributed by atoms with van der Waals surface area (Å²) >= 11 is 0. The van der Waals surface area contributed by atoms with Crippen LogP contribution in [0, 0.1) is 0 Å². The monoisotopic (exact) mass is 254 g/mol. The molecule has 2 N–H and O–H groups in total. The fourth-order valence-electron chi connectivity index (χ4n) is 2.17. The summed E-state index contributed by atoms with van der Waals surface area (Å²) in [5.41, 5.74) is 1.64. The van der Waals surface area contributed by atoms with Gasteiger partial charge in [-0.3, -0.25) is 4.57 Å². The highest BCUT2D eigenvalue weighted by Gasteiger charge is 2.45. The van der Waals surface area contributed by atoms with E-state index in [2.05, 4.69) is 6.58 Å². The molecule has 0 amide bonds. The minimum Gasteiger partial charge on any atom is -0.324 e. The fraction of sp³-hybridized carbons (Fsp3) is 0.385. The van der Waals surface area contributed by atoms with Gasteiger partial charge in [-0.05, 0) is 24.0 Å². The maximum absolute atomic E-state index is 11.7. The summed E-state index contributed by atoms with van der Waals surface area (Å²) < 4.78 is 11.7. The van der Waals surface area contributed by atoms with Gasteiger partial charge >= 0.3 is 7.60 Å². The maximum atomic E-state index is 11.7. The smallest absolute Gasteiger partial charge is 0.324 e. The van der Waals surface area contributed by atoms with Crippen LogP contribution < -0.4 is 0 Å². The van der Waals surface area contributed by atoms with Crippen molar-refractivity contribution in [2.45, 2.75) is 31.8 Å². The molecule has 1 aromatic carbocycles. The number of hydrogen-bond acceptors (Lipinski definition) is 1. The maximum Gasteiger partial charge on any atom is 0.335 e. The van der Waals surface area contributed by atoms with Crippen molar-refractivity contribution in [2.75, 3.05) is 0 Å². The first-order valence-corrected chi connectivity index (χ1v) is 7.31. The van der Waals surface area contributed by atoms with Crippen LogP contribution in [0.5, 0.6) is 0 Å². The molecule has 0 heterocycles. The highest BCUT2D eigenvalue weighted by Crippen LogP contribution is 2.60. The van der Waals surface area contributed by atoms with Crippen molar-refractivity contribution in [3.63, 3.8) is 0 Å². The van der Waals surface area contributed by atoms with Crippen LogP contribution in [-0.4, -0.2) is 9.79 Å². The predicted octanol–water partition coefficient (Wildman–Crippen LogP) is 3.52. The molecule has 0 aliphatic rings. The lowest BCUT2D eigenvalue weighted by Gasteiger charge is -2.32. The Morgan fingerprint density at radius 1 is 1.24 bits per heavy atom. The molecule has 1 rings (SSSR count). The van der Waals surface area contributed by atoms with E-state index in [9.17, 15) is 14.4 Å². The van der Waals surface area contributed by atoms with Crippen LogP contribution in [0.25, 0.3) is 6.08 Å².